The van der Waals surface area contributed by atoms with Gasteiger partial charge in [-0.25, -0.2) is 4.79 Å². The molecule has 0 unspecified atom stereocenters. The van der Waals surface area contributed by atoms with Gasteiger partial charge in [0.05, 0.1) is 27.8 Å². The van der Waals surface area contributed by atoms with E-state index in [1.54, 1.807) is 18.2 Å². The molecule has 0 spiro atoms. The van der Waals surface area contributed by atoms with Crippen LogP contribution < -0.4 is 19.5 Å². The number of fused-ring (bicyclic) bond motifs is 2. The van der Waals surface area contributed by atoms with E-state index in [9.17, 15) is 29.1 Å². The Balaban J connectivity index is 1.07. The van der Waals surface area contributed by atoms with Crippen LogP contribution in [0.15, 0.2) is 140 Å². The maximum atomic E-state index is 15.6. The molecular formula is C63H43N3O11. The Bertz CT molecular complexity index is 4170. The van der Waals surface area contributed by atoms with Crippen molar-refractivity contribution in [1.29, 1.82) is 0 Å². The first-order valence-corrected chi connectivity index (χ1v) is 24.8. The van der Waals surface area contributed by atoms with Gasteiger partial charge in [0.1, 0.15) is 34.5 Å². The van der Waals surface area contributed by atoms with Crippen molar-refractivity contribution in [3.63, 3.8) is 0 Å². The number of aromatic carboxylic acids is 1. The molecule has 14 heteroatoms. The van der Waals surface area contributed by atoms with Crippen molar-refractivity contribution in [3.8, 4) is 34.5 Å². The standard InChI is InChI=1S/C63H43N3O11/c1-62(2,3)31-12-18-34(19-13-31)76-46-28-43-51-44(60(72)66(59(43)71)65-57(69)41-24-22-39-49-40(56(68)64-55(39)67)23-25-42(50(41)49)58(65)70)29-47(77-35-20-14-32(15-21-35)63(4,5)6)53-38-26-27-45(75-33-16-10-30(11-17-33)61(73)74)36-8-7-9-37(48(36)38)52(46)54(51)53/h7-29H,1-6H3,(H,73,74)(H,64,67,68). The van der Waals surface area contributed by atoms with Crippen LogP contribution in [-0.4, -0.2) is 56.5 Å². The van der Waals surface area contributed by atoms with Crippen LogP contribution in [-0.2, 0) is 10.8 Å². The molecule has 0 atom stereocenters. The monoisotopic (exact) mass is 1020 g/mol. The van der Waals surface area contributed by atoms with E-state index in [1.165, 1.54) is 48.5 Å². The molecule has 0 saturated carbocycles. The lowest BCUT2D eigenvalue weighted by molar-refractivity contribution is 0.00211. The number of benzene rings is 10. The average Bonchev–Trinajstić information content (AvgIpc) is 3.59. The van der Waals surface area contributed by atoms with E-state index >= 15 is 9.59 Å². The van der Waals surface area contributed by atoms with Crippen LogP contribution in [0.5, 0.6) is 34.5 Å². The lowest BCUT2D eigenvalue weighted by Crippen LogP contribution is -2.58. The molecule has 10 aromatic carbocycles. The number of hydrazine groups is 1. The Labute approximate surface area is 438 Å². The van der Waals surface area contributed by atoms with Crippen molar-refractivity contribution >= 4 is 95.3 Å². The second-order valence-corrected chi connectivity index (χ2v) is 21.6. The number of amides is 6. The first-order chi connectivity index (χ1) is 36.8. The fraction of sp³-hybridized carbons (Fsp3) is 0.127. The zero-order valence-electron chi connectivity index (χ0n) is 42.2. The van der Waals surface area contributed by atoms with Gasteiger partial charge in [-0.2, -0.15) is 10.0 Å². The van der Waals surface area contributed by atoms with E-state index in [-0.39, 0.29) is 77.4 Å². The van der Waals surface area contributed by atoms with Crippen LogP contribution in [0.1, 0.15) is 125 Å². The molecule has 0 bridgehead atoms. The van der Waals surface area contributed by atoms with Crippen LogP contribution in [0.3, 0.4) is 0 Å². The van der Waals surface area contributed by atoms with Crippen molar-refractivity contribution in [2.24, 2.45) is 0 Å². The number of hydrogen-bond acceptors (Lipinski definition) is 10. The molecule has 13 rings (SSSR count). The zero-order chi connectivity index (χ0) is 53.7. The molecule has 10 aromatic rings. The lowest BCUT2D eigenvalue weighted by Gasteiger charge is -2.37. The minimum atomic E-state index is -1.07. The van der Waals surface area contributed by atoms with Crippen LogP contribution in [0.4, 0.5) is 0 Å². The highest BCUT2D eigenvalue weighted by atomic mass is 16.5. The molecule has 0 radical (unpaired) electrons. The summed E-state index contributed by atoms with van der Waals surface area (Å²) < 4.78 is 20.4. The summed E-state index contributed by atoms with van der Waals surface area (Å²) in [6.07, 6.45) is 0. The maximum absolute atomic E-state index is 15.6. The topological polar surface area (TPSA) is 186 Å². The Kier molecular flexibility index (Phi) is 9.89. The number of ether oxygens (including phenoxy) is 3. The quantitative estimate of drug-likeness (QED) is 0.0838. The third-order valence-electron chi connectivity index (χ3n) is 14.9. The van der Waals surface area contributed by atoms with Gasteiger partial charge in [-0.1, -0.05) is 84.0 Å². The molecular weight excluding hydrogens is 975 g/mol. The van der Waals surface area contributed by atoms with Crippen molar-refractivity contribution in [3.05, 3.63) is 190 Å². The Morgan fingerprint density at radius 1 is 0.403 bits per heavy atom. The molecule has 77 heavy (non-hydrogen) atoms. The number of rotatable bonds is 8. The molecule has 3 aliphatic heterocycles. The van der Waals surface area contributed by atoms with Crippen LogP contribution in [0, 0.1) is 0 Å². The molecule has 0 aliphatic carbocycles. The lowest BCUT2D eigenvalue weighted by atomic mass is 9.83. The number of carboxylic acid groups (broad SMARTS) is 1. The minimum absolute atomic E-state index is 0.0544. The van der Waals surface area contributed by atoms with Gasteiger partial charge in [-0.05, 0) is 130 Å². The second-order valence-electron chi connectivity index (χ2n) is 21.6. The third-order valence-corrected chi connectivity index (χ3v) is 14.9. The van der Waals surface area contributed by atoms with E-state index in [0.29, 0.717) is 65.3 Å². The largest absolute Gasteiger partial charge is 0.478 e. The molecule has 0 aromatic heterocycles. The van der Waals surface area contributed by atoms with E-state index < -0.39 is 41.4 Å². The minimum Gasteiger partial charge on any atom is -0.478 e. The summed E-state index contributed by atoms with van der Waals surface area (Å²) in [5, 5.41) is 17.6. The number of carbonyl (C=O) groups is 7. The summed E-state index contributed by atoms with van der Waals surface area (Å²) in [7, 11) is 0. The van der Waals surface area contributed by atoms with Crippen molar-refractivity contribution < 1.29 is 52.9 Å². The summed E-state index contributed by atoms with van der Waals surface area (Å²) in [5.41, 5.74) is 1.68. The number of imide groups is 3. The Morgan fingerprint density at radius 2 is 0.792 bits per heavy atom. The number of nitrogens with zero attached hydrogens (tertiary/aromatic N) is 2. The predicted octanol–water partition coefficient (Wildman–Crippen LogP) is 13.3. The number of hydrogen-bond donors (Lipinski definition) is 2. The average molecular weight is 1020 g/mol. The van der Waals surface area contributed by atoms with E-state index in [1.807, 2.05) is 72.8 Å². The molecule has 0 fully saturated rings. The SMILES string of the molecule is CC(C)(C)c1ccc(Oc2cc3c4c(cc(Oc5ccc(C(C)(C)C)cc5)c5c6ccc(Oc7ccc(C(=O)O)cc7)c7cccc(c2c45)c76)C(=O)N(N2C(=O)c4ccc5c6c(ccc(c46)C2=O)C(=O)NC5=O)C3=O)cc1. The summed E-state index contributed by atoms with van der Waals surface area (Å²) >= 11 is 0. The number of carbonyl (C=O) groups excluding carboxylic acids is 6. The van der Waals surface area contributed by atoms with Gasteiger partial charge in [0.15, 0.2) is 0 Å². The smallest absolute Gasteiger partial charge is 0.335 e. The van der Waals surface area contributed by atoms with E-state index in [0.717, 1.165) is 16.5 Å². The highest BCUT2D eigenvalue weighted by Gasteiger charge is 2.48. The second kappa shape index (κ2) is 16.3. The molecule has 2 N–H and O–H groups in total. The molecule has 3 aliphatic rings. The van der Waals surface area contributed by atoms with Crippen molar-refractivity contribution in [2.45, 2.75) is 52.4 Å². The van der Waals surface area contributed by atoms with Crippen molar-refractivity contribution in [2.75, 3.05) is 0 Å². The summed E-state index contributed by atoms with van der Waals surface area (Å²) in [6, 6.07) is 39.1. The highest BCUT2D eigenvalue weighted by molar-refractivity contribution is 6.42. The van der Waals surface area contributed by atoms with Crippen molar-refractivity contribution in [1.82, 2.24) is 15.3 Å². The van der Waals surface area contributed by atoms with Gasteiger partial charge in [0, 0.05) is 54.2 Å². The predicted molar refractivity (Wildman–Crippen MR) is 288 cm³/mol. The molecule has 3 heterocycles. The Hall–Kier alpha value is -9.95. The van der Waals surface area contributed by atoms with Gasteiger partial charge in [0.25, 0.3) is 35.4 Å². The molecule has 6 amide bonds. The maximum Gasteiger partial charge on any atom is 0.335 e. The number of nitrogens with one attached hydrogen (secondary N) is 1. The van der Waals surface area contributed by atoms with E-state index in [2.05, 4.69) is 46.9 Å². The van der Waals surface area contributed by atoms with Gasteiger partial charge < -0.3 is 19.3 Å². The Morgan fingerprint density at radius 3 is 1.26 bits per heavy atom. The van der Waals surface area contributed by atoms with Gasteiger partial charge >= 0.3 is 5.97 Å². The van der Waals surface area contributed by atoms with Crippen LogP contribution in [0.2, 0.25) is 0 Å². The zero-order valence-corrected chi connectivity index (χ0v) is 42.2. The summed E-state index contributed by atoms with van der Waals surface area (Å²) in [6.45, 7) is 12.6. The van der Waals surface area contributed by atoms with Gasteiger partial charge in [-0.15, -0.1) is 0 Å². The summed E-state index contributed by atoms with van der Waals surface area (Å²) in [4.78, 5) is 98.9. The number of carboxylic acids is 1. The van der Waals surface area contributed by atoms with Crippen LogP contribution in [0.25, 0.3) is 53.9 Å². The fourth-order valence-electron chi connectivity index (χ4n) is 11.1. The van der Waals surface area contributed by atoms with Crippen LogP contribution >= 0.6 is 0 Å². The normalized spacial score (nSPS) is 14.4. The molecule has 14 nitrogen and oxygen atoms in total. The third kappa shape index (κ3) is 6.98. The first-order valence-electron chi connectivity index (χ1n) is 24.8. The molecule has 0 saturated heterocycles. The first kappa shape index (κ1) is 46.8. The van der Waals surface area contributed by atoms with Gasteiger partial charge in [-0.3, -0.25) is 34.1 Å². The summed E-state index contributed by atoms with van der Waals surface area (Å²) in [5.74, 6) is -4.40. The van der Waals surface area contributed by atoms with Gasteiger partial charge in [0.2, 0.25) is 0 Å². The fourth-order valence-corrected chi connectivity index (χ4v) is 11.1. The van der Waals surface area contributed by atoms with E-state index in [4.69, 9.17) is 14.2 Å². The molecule has 376 valence electrons. The highest BCUT2D eigenvalue weighted by Crippen LogP contribution is 2.54.